The van der Waals surface area contributed by atoms with Gasteiger partial charge in [-0.15, -0.1) is 0 Å². The number of methoxy groups -OCH3 is 1. The van der Waals surface area contributed by atoms with Crippen molar-refractivity contribution in [1.29, 1.82) is 0 Å². The number of ether oxygens (including phenoxy) is 2. The molecule has 0 fully saturated rings. The van der Waals surface area contributed by atoms with Crippen molar-refractivity contribution in [3.05, 3.63) is 41.1 Å². The third-order valence-electron chi connectivity index (χ3n) is 2.93. The summed E-state index contributed by atoms with van der Waals surface area (Å²) in [5, 5.41) is 3.97. The van der Waals surface area contributed by atoms with Gasteiger partial charge in [-0.1, -0.05) is 12.1 Å². The molecule has 112 valence electrons. The summed E-state index contributed by atoms with van der Waals surface area (Å²) < 4.78 is 14.5. The van der Waals surface area contributed by atoms with Crippen LogP contribution in [-0.4, -0.2) is 24.1 Å². The van der Waals surface area contributed by atoms with Crippen LogP contribution in [0, 0.1) is 6.92 Å². The molecule has 0 unspecified atom stereocenters. The topological polar surface area (TPSA) is 60.5 Å². The molecule has 0 aliphatic carbocycles. The summed E-state index contributed by atoms with van der Waals surface area (Å²) in [6, 6.07) is 7.77. The lowest BCUT2D eigenvalue weighted by molar-refractivity contribution is 0.0527. The maximum Gasteiger partial charge on any atom is 0.343 e. The molecule has 0 bridgehead atoms. The predicted octanol–water partition coefficient (Wildman–Crippen LogP) is 3.25. The SMILES string of the molecule is CCOC(=O)c1c(C)nsc1NCc1cccc(OC)c1. The van der Waals surface area contributed by atoms with Gasteiger partial charge in [0.1, 0.15) is 16.3 Å². The molecule has 0 atom stereocenters. The molecule has 2 rings (SSSR count). The van der Waals surface area contributed by atoms with Gasteiger partial charge >= 0.3 is 5.97 Å². The number of nitrogens with one attached hydrogen (secondary N) is 1. The van der Waals surface area contributed by atoms with Crippen molar-refractivity contribution in [3.63, 3.8) is 0 Å². The summed E-state index contributed by atoms with van der Waals surface area (Å²) in [5.74, 6) is 0.470. The quantitative estimate of drug-likeness (QED) is 0.830. The summed E-state index contributed by atoms with van der Waals surface area (Å²) in [4.78, 5) is 11.9. The van der Waals surface area contributed by atoms with Crippen LogP contribution in [0.1, 0.15) is 28.5 Å². The first-order chi connectivity index (χ1) is 10.2. The smallest absolute Gasteiger partial charge is 0.343 e. The first-order valence-electron chi connectivity index (χ1n) is 6.66. The van der Waals surface area contributed by atoms with Crippen molar-refractivity contribution < 1.29 is 14.3 Å². The number of benzene rings is 1. The number of rotatable bonds is 6. The number of carbonyl (C=O) groups excluding carboxylic acids is 1. The molecule has 0 saturated carbocycles. The van der Waals surface area contributed by atoms with Gasteiger partial charge in [0.25, 0.3) is 0 Å². The fraction of sp³-hybridized carbons (Fsp3) is 0.333. The Kier molecular flexibility index (Phi) is 5.16. The fourth-order valence-corrected chi connectivity index (χ4v) is 2.68. The molecule has 0 saturated heterocycles. The van der Waals surface area contributed by atoms with Gasteiger partial charge in [-0.2, -0.15) is 4.37 Å². The van der Waals surface area contributed by atoms with Crippen molar-refractivity contribution in [3.8, 4) is 5.75 Å². The summed E-state index contributed by atoms with van der Waals surface area (Å²) in [6.07, 6.45) is 0. The lowest BCUT2D eigenvalue weighted by Crippen LogP contribution is -2.09. The van der Waals surface area contributed by atoms with E-state index in [4.69, 9.17) is 9.47 Å². The van der Waals surface area contributed by atoms with Crippen LogP contribution in [0.15, 0.2) is 24.3 Å². The standard InChI is InChI=1S/C15H18N2O3S/c1-4-20-15(18)13-10(2)17-21-14(13)16-9-11-6-5-7-12(8-11)19-3/h5-8,16H,4,9H2,1-3H3. The molecule has 5 nitrogen and oxygen atoms in total. The van der Waals surface area contributed by atoms with Crippen LogP contribution < -0.4 is 10.1 Å². The lowest BCUT2D eigenvalue weighted by Gasteiger charge is -2.08. The first-order valence-corrected chi connectivity index (χ1v) is 7.43. The Morgan fingerprint density at radius 1 is 1.43 bits per heavy atom. The Labute approximate surface area is 128 Å². The Bertz CT molecular complexity index is 625. The highest BCUT2D eigenvalue weighted by molar-refractivity contribution is 7.10. The molecular formula is C15H18N2O3S. The van der Waals surface area contributed by atoms with Gasteiger partial charge in [-0.3, -0.25) is 0 Å². The first kappa shape index (κ1) is 15.3. The average molecular weight is 306 g/mol. The molecule has 0 radical (unpaired) electrons. The zero-order chi connectivity index (χ0) is 15.2. The molecule has 1 aromatic heterocycles. The Balaban J connectivity index is 2.11. The zero-order valence-electron chi connectivity index (χ0n) is 12.3. The number of carbonyl (C=O) groups is 1. The Morgan fingerprint density at radius 2 is 2.24 bits per heavy atom. The fourth-order valence-electron chi connectivity index (χ4n) is 1.90. The number of aryl methyl sites for hydroxylation is 1. The maximum absolute atomic E-state index is 11.9. The van der Waals surface area contributed by atoms with Crippen molar-refractivity contribution in [2.45, 2.75) is 20.4 Å². The number of aromatic nitrogens is 1. The van der Waals surface area contributed by atoms with E-state index in [1.54, 1.807) is 21.0 Å². The molecule has 21 heavy (non-hydrogen) atoms. The number of hydrogen-bond donors (Lipinski definition) is 1. The van der Waals surface area contributed by atoms with E-state index in [-0.39, 0.29) is 5.97 Å². The number of hydrogen-bond acceptors (Lipinski definition) is 6. The van der Waals surface area contributed by atoms with E-state index in [1.807, 2.05) is 24.3 Å². The zero-order valence-corrected chi connectivity index (χ0v) is 13.1. The summed E-state index contributed by atoms with van der Waals surface area (Å²) in [5.41, 5.74) is 2.27. The molecule has 1 heterocycles. The lowest BCUT2D eigenvalue weighted by atomic mass is 10.2. The number of anilines is 1. The number of esters is 1. The molecule has 0 spiro atoms. The normalized spacial score (nSPS) is 10.2. The van der Waals surface area contributed by atoms with Crippen LogP contribution in [0.25, 0.3) is 0 Å². The van der Waals surface area contributed by atoms with Crippen molar-refractivity contribution in [1.82, 2.24) is 4.37 Å². The van der Waals surface area contributed by atoms with Gasteiger partial charge in [-0.25, -0.2) is 4.79 Å². The van der Waals surface area contributed by atoms with Crippen LogP contribution in [0.2, 0.25) is 0 Å². The van der Waals surface area contributed by atoms with E-state index < -0.39 is 0 Å². The van der Waals surface area contributed by atoms with Gasteiger partial charge in [-0.05, 0) is 43.1 Å². The third kappa shape index (κ3) is 3.72. The Morgan fingerprint density at radius 3 is 2.95 bits per heavy atom. The van der Waals surface area contributed by atoms with Crippen LogP contribution in [-0.2, 0) is 11.3 Å². The second-order valence-electron chi connectivity index (χ2n) is 4.40. The maximum atomic E-state index is 11.9. The van der Waals surface area contributed by atoms with Gasteiger partial charge in [0.2, 0.25) is 0 Å². The monoisotopic (exact) mass is 306 g/mol. The van der Waals surface area contributed by atoms with Crippen molar-refractivity contribution in [2.24, 2.45) is 0 Å². The molecule has 6 heteroatoms. The molecule has 1 aromatic carbocycles. The summed E-state index contributed by atoms with van der Waals surface area (Å²) in [6.45, 7) is 4.53. The molecule has 2 aromatic rings. The number of nitrogens with zero attached hydrogens (tertiary/aromatic N) is 1. The molecule has 0 amide bonds. The van der Waals surface area contributed by atoms with Gasteiger partial charge in [0.15, 0.2) is 0 Å². The minimum absolute atomic E-state index is 0.336. The third-order valence-corrected chi connectivity index (χ3v) is 3.83. The van der Waals surface area contributed by atoms with Gasteiger partial charge in [0.05, 0.1) is 19.4 Å². The molecular weight excluding hydrogens is 288 g/mol. The van der Waals surface area contributed by atoms with Crippen LogP contribution in [0.5, 0.6) is 5.75 Å². The van der Waals surface area contributed by atoms with E-state index in [0.29, 0.717) is 24.4 Å². The molecule has 1 N–H and O–H groups in total. The van der Waals surface area contributed by atoms with Crippen LogP contribution >= 0.6 is 11.5 Å². The van der Waals surface area contributed by atoms with E-state index in [1.165, 1.54) is 11.5 Å². The largest absolute Gasteiger partial charge is 0.497 e. The highest BCUT2D eigenvalue weighted by atomic mass is 32.1. The second-order valence-corrected chi connectivity index (χ2v) is 5.17. The van der Waals surface area contributed by atoms with Crippen molar-refractivity contribution in [2.75, 3.05) is 19.0 Å². The summed E-state index contributed by atoms with van der Waals surface area (Å²) in [7, 11) is 1.64. The van der Waals surface area contributed by atoms with Gasteiger partial charge < -0.3 is 14.8 Å². The molecule has 0 aliphatic rings. The van der Waals surface area contributed by atoms with E-state index in [0.717, 1.165) is 16.3 Å². The predicted molar refractivity (Wildman–Crippen MR) is 83.1 cm³/mol. The highest BCUT2D eigenvalue weighted by Crippen LogP contribution is 2.26. The van der Waals surface area contributed by atoms with E-state index in [2.05, 4.69) is 9.69 Å². The second kappa shape index (κ2) is 7.08. The van der Waals surface area contributed by atoms with Crippen LogP contribution in [0.3, 0.4) is 0 Å². The van der Waals surface area contributed by atoms with E-state index >= 15 is 0 Å². The molecule has 0 aliphatic heterocycles. The van der Waals surface area contributed by atoms with Gasteiger partial charge in [0, 0.05) is 6.54 Å². The minimum atomic E-state index is -0.336. The van der Waals surface area contributed by atoms with E-state index in [9.17, 15) is 4.79 Å². The Hall–Kier alpha value is -2.08. The average Bonchev–Trinajstić information content (AvgIpc) is 2.86. The van der Waals surface area contributed by atoms with Crippen molar-refractivity contribution >= 4 is 22.5 Å². The van der Waals surface area contributed by atoms with Crippen LogP contribution in [0.4, 0.5) is 5.00 Å². The summed E-state index contributed by atoms with van der Waals surface area (Å²) >= 11 is 1.27. The minimum Gasteiger partial charge on any atom is -0.497 e. The highest BCUT2D eigenvalue weighted by Gasteiger charge is 2.19.